The van der Waals surface area contributed by atoms with Crippen molar-refractivity contribution < 1.29 is 0 Å². The zero-order valence-electron chi connectivity index (χ0n) is 4.00. The molecule has 0 saturated carbocycles. The quantitative estimate of drug-likeness (QED) is 0.299. The summed E-state index contributed by atoms with van der Waals surface area (Å²) in [6, 6.07) is 0. The van der Waals surface area contributed by atoms with E-state index in [1.54, 1.807) is 6.92 Å². The predicted molar refractivity (Wildman–Crippen MR) is 23.7 cm³/mol. The van der Waals surface area contributed by atoms with E-state index in [9.17, 15) is 0 Å². The fraction of sp³-hybridized carbons (Fsp3) is 1.00. The molecular formula is C2H7N5. The highest BCUT2D eigenvalue weighted by molar-refractivity contribution is 4.42. The van der Waals surface area contributed by atoms with Crippen LogP contribution < -0.4 is 5.84 Å². The lowest BCUT2D eigenvalue weighted by Gasteiger charge is -1.86. The average molecular weight is 101 g/mol. The summed E-state index contributed by atoms with van der Waals surface area (Å²) in [7, 11) is 0. The van der Waals surface area contributed by atoms with Crippen LogP contribution >= 0.6 is 0 Å². The Morgan fingerprint density at radius 2 is 2.29 bits per heavy atom. The van der Waals surface area contributed by atoms with Crippen molar-refractivity contribution in [2.45, 2.75) is 13.1 Å². The number of hydrogen-bond acceptors (Lipinski definition) is 4. The molecular weight excluding hydrogens is 94.1 g/mol. The lowest BCUT2D eigenvalue weighted by atomic mass is 10.7. The van der Waals surface area contributed by atoms with Gasteiger partial charge in [0, 0.05) is 0 Å². The minimum absolute atomic E-state index is 0.426. The molecule has 40 valence electrons. The Morgan fingerprint density at radius 1 is 1.71 bits per heavy atom. The number of rotatable bonds is 2. The van der Waals surface area contributed by atoms with Crippen molar-refractivity contribution in [3.63, 3.8) is 0 Å². The molecule has 0 aromatic carbocycles. The molecule has 0 unspecified atom stereocenters. The highest BCUT2D eigenvalue weighted by atomic mass is 15.4. The summed E-state index contributed by atoms with van der Waals surface area (Å²) in [5.41, 5.74) is 6.33. The van der Waals surface area contributed by atoms with Gasteiger partial charge in [0.05, 0.1) is 0 Å². The highest BCUT2D eigenvalue weighted by Crippen LogP contribution is 1.86. The van der Waals surface area contributed by atoms with Crippen LogP contribution in [0.5, 0.6) is 0 Å². The van der Waals surface area contributed by atoms with Gasteiger partial charge in [0.1, 0.15) is 0 Å². The Morgan fingerprint density at radius 3 is 2.43 bits per heavy atom. The fourth-order valence-electron chi connectivity index (χ4n) is 0.122. The molecule has 0 saturated heterocycles. The van der Waals surface area contributed by atoms with E-state index in [0.29, 0.717) is 0 Å². The Balaban J connectivity index is 3.35. The molecule has 0 aliphatic heterocycles. The molecule has 0 rings (SSSR count). The van der Waals surface area contributed by atoms with Crippen LogP contribution in [0.3, 0.4) is 0 Å². The monoisotopic (exact) mass is 101 g/mol. The van der Waals surface area contributed by atoms with Gasteiger partial charge in [-0.1, -0.05) is 5.22 Å². The fourth-order valence-corrected chi connectivity index (χ4v) is 0.122. The molecule has 0 bridgehead atoms. The van der Waals surface area contributed by atoms with Crippen LogP contribution in [0, 0.1) is 5.53 Å². The number of hydrogen-bond donors (Lipinski definition) is 2. The van der Waals surface area contributed by atoms with E-state index in [-0.39, 0.29) is 0 Å². The lowest BCUT2D eigenvalue weighted by molar-refractivity contribution is 0.666. The molecule has 0 aromatic heterocycles. The molecule has 0 amide bonds. The second kappa shape index (κ2) is 3.20. The smallest absolute Gasteiger partial charge is 0.179 e. The van der Waals surface area contributed by atoms with Gasteiger partial charge in [-0.2, -0.15) is 5.11 Å². The van der Waals surface area contributed by atoms with Gasteiger partial charge in [0.25, 0.3) is 0 Å². The van der Waals surface area contributed by atoms with Crippen LogP contribution in [0.1, 0.15) is 6.92 Å². The van der Waals surface area contributed by atoms with Gasteiger partial charge in [-0.05, 0) is 6.92 Å². The lowest BCUT2D eigenvalue weighted by Crippen LogP contribution is -1.89. The average Bonchev–Trinajstić information content (AvgIpc) is 1.68. The van der Waals surface area contributed by atoms with Gasteiger partial charge in [-0.15, -0.1) is 5.11 Å². The molecule has 3 N–H and O–H groups in total. The Labute approximate surface area is 41.1 Å². The number of nitrogens with two attached hydrogens (primary N) is 1. The molecule has 0 aliphatic rings. The van der Waals surface area contributed by atoms with Crippen molar-refractivity contribution in [1.82, 2.24) is 0 Å². The highest BCUT2D eigenvalue weighted by Gasteiger charge is 1.87. The summed E-state index contributed by atoms with van der Waals surface area (Å²) in [6.07, 6.45) is -0.426. The van der Waals surface area contributed by atoms with Gasteiger partial charge in [0.15, 0.2) is 6.17 Å². The second-order valence-corrected chi connectivity index (χ2v) is 0.992. The summed E-state index contributed by atoms with van der Waals surface area (Å²) in [6.45, 7) is 1.61. The first kappa shape index (κ1) is 6.00. The molecule has 0 aliphatic carbocycles. The zero-order chi connectivity index (χ0) is 5.70. The van der Waals surface area contributed by atoms with Crippen LogP contribution in [0.2, 0.25) is 0 Å². The maximum absolute atomic E-state index is 6.33. The van der Waals surface area contributed by atoms with Gasteiger partial charge in [0.2, 0.25) is 0 Å². The molecule has 5 heteroatoms. The first-order valence-electron chi connectivity index (χ1n) is 1.78. The van der Waals surface area contributed by atoms with Gasteiger partial charge >= 0.3 is 0 Å². The van der Waals surface area contributed by atoms with Gasteiger partial charge < -0.3 is 5.84 Å². The third-order valence-electron chi connectivity index (χ3n) is 0.421. The summed E-state index contributed by atoms with van der Waals surface area (Å²) < 4.78 is 0. The van der Waals surface area contributed by atoms with Crippen molar-refractivity contribution >= 4 is 0 Å². The SMILES string of the molecule is C[C@@H](N=N)N=NN. The zero-order valence-corrected chi connectivity index (χ0v) is 4.00. The Bertz CT molecular complexity index is 76.1. The van der Waals surface area contributed by atoms with Crippen LogP contribution in [0.4, 0.5) is 0 Å². The molecule has 0 aromatic rings. The molecule has 0 heterocycles. The van der Waals surface area contributed by atoms with Crippen molar-refractivity contribution in [2.75, 3.05) is 0 Å². The Hall–Kier alpha value is -1.00. The molecule has 1 atom stereocenters. The normalized spacial score (nSPS) is 14.4. The first-order valence-corrected chi connectivity index (χ1v) is 1.78. The Kier molecular flexibility index (Phi) is 2.74. The minimum Gasteiger partial charge on any atom is -0.305 e. The summed E-state index contributed by atoms with van der Waals surface area (Å²) in [5.74, 6) is 4.62. The molecule has 0 fully saturated rings. The van der Waals surface area contributed by atoms with E-state index in [1.807, 2.05) is 0 Å². The van der Waals surface area contributed by atoms with Crippen LogP contribution in [-0.2, 0) is 0 Å². The van der Waals surface area contributed by atoms with E-state index in [4.69, 9.17) is 5.53 Å². The van der Waals surface area contributed by atoms with Crippen molar-refractivity contribution in [3.8, 4) is 0 Å². The minimum atomic E-state index is -0.426. The summed E-state index contributed by atoms with van der Waals surface area (Å²) >= 11 is 0. The third-order valence-corrected chi connectivity index (χ3v) is 0.421. The first-order chi connectivity index (χ1) is 3.31. The van der Waals surface area contributed by atoms with E-state index in [1.165, 1.54) is 0 Å². The van der Waals surface area contributed by atoms with E-state index >= 15 is 0 Å². The largest absolute Gasteiger partial charge is 0.305 e. The third kappa shape index (κ3) is 2.81. The molecule has 0 spiro atoms. The molecule has 5 nitrogen and oxygen atoms in total. The van der Waals surface area contributed by atoms with E-state index in [2.05, 4.69) is 21.3 Å². The van der Waals surface area contributed by atoms with Gasteiger partial charge in [-0.25, -0.2) is 5.53 Å². The van der Waals surface area contributed by atoms with Crippen molar-refractivity contribution in [2.24, 2.45) is 21.3 Å². The molecule has 7 heavy (non-hydrogen) atoms. The molecule has 0 radical (unpaired) electrons. The van der Waals surface area contributed by atoms with Crippen molar-refractivity contribution in [3.05, 3.63) is 0 Å². The van der Waals surface area contributed by atoms with E-state index < -0.39 is 6.17 Å². The maximum atomic E-state index is 6.33. The van der Waals surface area contributed by atoms with Gasteiger partial charge in [-0.3, -0.25) is 0 Å². The van der Waals surface area contributed by atoms with Crippen LogP contribution in [-0.4, -0.2) is 6.17 Å². The van der Waals surface area contributed by atoms with E-state index in [0.717, 1.165) is 0 Å². The van der Waals surface area contributed by atoms with Crippen LogP contribution in [0.25, 0.3) is 0 Å². The maximum Gasteiger partial charge on any atom is 0.179 e. The topological polar surface area (TPSA) is 87.0 Å². The van der Waals surface area contributed by atoms with Crippen molar-refractivity contribution in [1.29, 1.82) is 5.53 Å². The predicted octanol–water partition coefficient (Wildman–Crippen LogP) is 0.689. The van der Waals surface area contributed by atoms with Crippen LogP contribution in [0.15, 0.2) is 15.5 Å². The number of nitrogens with one attached hydrogen (secondary N) is 1. The summed E-state index contributed by atoms with van der Waals surface area (Å²) in [5, 5.41) is 9.20. The summed E-state index contributed by atoms with van der Waals surface area (Å²) in [4.78, 5) is 0. The second-order valence-electron chi connectivity index (χ2n) is 0.992. The standard InChI is InChI=1S/C2H7N5/c1-2(5-3)6-7-4/h2-3H,1H3,(H2,4,6)/t2-/m0/s1. The number of nitrogens with zero attached hydrogens (tertiary/aromatic N) is 3.